The summed E-state index contributed by atoms with van der Waals surface area (Å²) in [7, 11) is 0. The highest BCUT2D eigenvalue weighted by atomic mass is 127. The van der Waals surface area contributed by atoms with Gasteiger partial charge in [0.25, 0.3) is 0 Å². The Morgan fingerprint density at radius 2 is 1.71 bits per heavy atom. The van der Waals surface area contributed by atoms with Crippen LogP contribution in [-0.2, 0) is 0 Å². The Hall–Kier alpha value is 0.170. The first-order valence-corrected chi connectivity index (χ1v) is 6.94. The van der Waals surface area contributed by atoms with Crippen LogP contribution in [0.3, 0.4) is 0 Å². The predicted octanol–water partition coefficient (Wildman–Crippen LogP) is 3.78. The maximum absolute atomic E-state index is 13.8. The highest BCUT2D eigenvalue weighted by Crippen LogP contribution is 2.39. The zero-order valence-corrected chi connectivity index (χ0v) is 14.6. The van der Waals surface area contributed by atoms with Gasteiger partial charge in [-0.1, -0.05) is 0 Å². The Kier molecular flexibility index (Phi) is 8.78. The minimum absolute atomic E-state index is 0. The molecule has 122 valence electrons. The number of halogens is 7. The monoisotopic (exact) mass is 460 g/mol. The molecule has 0 radical (unpaired) electrons. The Morgan fingerprint density at radius 3 is 2.24 bits per heavy atom. The number of alkyl halides is 3. The number of piperazine rings is 1. The fourth-order valence-corrected chi connectivity index (χ4v) is 2.76. The van der Waals surface area contributed by atoms with Gasteiger partial charge in [0.05, 0.1) is 0 Å². The Labute approximate surface area is 146 Å². The van der Waals surface area contributed by atoms with E-state index in [1.54, 1.807) is 0 Å². The summed E-state index contributed by atoms with van der Waals surface area (Å²) in [6.45, 7) is 1.49. The molecule has 1 aliphatic rings. The molecule has 0 amide bonds. The molecule has 1 aromatic carbocycles. The molecule has 0 unspecified atom stereocenters. The third-order valence-electron chi connectivity index (χ3n) is 3.08. The molecular weight excluding hydrogens is 446 g/mol. The van der Waals surface area contributed by atoms with E-state index in [4.69, 9.17) is 0 Å². The van der Waals surface area contributed by atoms with E-state index < -0.39 is 18.0 Å². The number of rotatable bonds is 2. The number of hydrogen-bond donors (Lipinski definition) is 1. The molecule has 1 N–H and O–H groups in total. The van der Waals surface area contributed by atoms with Crippen molar-refractivity contribution in [3.63, 3.8) is 0 Å². The van der Waals surface area contributed by atoms with E-state index in [0.29, 0.717) is 16.7 Å². The fourth-order valence-electron chi connectivity index (χ4n) is 2.24. The third kappa shape index (κ3) is 5.38. The lowest BCUT2D eigenvalue weighted by Crippen LogP contribution is -2.49. The molecule has 0 aliphatic carbocycles. The van der Waals surface area contributed by atoms with E-state index in [1.807, 2.05) is 22.6 Å². The van der Waals surface area contributed by atoms with Gasteiger partial charge in [0, 0.05) is 35.3 Å². The van der Waals surface area contributed by atoms with Gasteiger partial charge in [-0.25, -0.2) is 4.39 Å². The average Bonchev–Trinajstić information content (AvgIpc) is 2.33. The molecule has 2 rings (SSSR count). The van der Waals surface area contributed by atoms with Gasteiger partial charge in [-0.05, 0) is 40.8 Å². The zero-order chi connectivity index (χ0) is 14.0. The Morgan fingerprint density at radius 1 is 1.14 bits per heavy atom. The predicted molar refractivity (Wildman–Crippen MR) is 86.9 cm³/mol. The summed E-state index contributed by atoms with van der Waals surface area (Å²) >= 11 is 1.89. The highest BCUT2D eigenvalue weighted by Gasteiger charge is 2.46. The smallest absolute Gasteiger partial charge is 0.314 e. The number of benzene rings is 1. The van der Waals surface area contributed by atoms with Crippen LogP contribution in [0.1, 0.15) is 11.6 Å². The van der Waals surface area contributed by atoms with Crippen molar-refractivity contribution in [2.45, 2.75) is 12.2 Å². The Bertz CT molecular complexity index is 453. The third-order valence-corrected chi connectivity index (χ3v) is 3.75. The molecule has 1 aromatic rings. The summed E-state index contributed by atoms with van der Waals surface area (Å²) in [4.78, 5) is 1.28. The topological polar surface area (TPSA) is 15.3 Å². The van der Waals surface area contributed by atoms with Crippen LogP contribution in [0.5, 0.6) is 0 Å². The van der Waals surface area contributed by atoms with E-state index in [1.165, 1.54) is 17.0 Å². The maximum atomic E-state index is 13.8. The Balaban J connectivity index is 0.00000200. The van der Waals surface area contributed by atoms with E-state index in [9.17, 15) is 17.6 Å². The van der Waals surface area contributed by atoms with Gasteiger partial charge in [0.15, 0.2) is 0 Å². The van der Waals surface area contributed by atoms with Crippen molar-refractivity contribution in [1.82, 2.24) is 10.2 Å². The molecule has 0 bridgehead atoms. The van der Waals surface area contributed by atoms with Crippen molar-refractivity contribution in [3.05, 3.63) is 33.1 Å². The molecule has 1 aliphatic heterocycles. The van der Waals surface area contributed by atoms with Gasteiger partial charge in [0.2, 0.25) is 0 Å². The number of nitrogens with zero attached hydrogens (tertiary/aromatic N) is 1. The average molecular weight is 461 g/mol. The van der Waals surface area contributed by atoms with Crippen LogP contribution in [0.2, 0.25) is 0 Å². The second kappa shape index (κ2) is 8.71. The molecule has 2 nitrogen and oxygen atoms in total. The highest BCUT2D eigenvalue weighted by molar-refractivity contribution is 14.1. The molecule has 0 aromatic heterocycles. The van der Waals surface area contributed by atoms with Crippen LogP contribution in [0, 0.1) is 9.39 Å². The van der Waals surface area contributed by atoms with Crippen molar-refractivity contribution in [2.24, 2.45) is 0 Å². The van der Waals surface area contributed by atoms with Crippen molar-refractivity contribution in [3.8, 4) is 0 Å². The molecule has 1 heterocycles. The standard InChI is InChI=1S/C12H13F4IN2.2ClH/c13-10-2-1-8(17)7-9(10)11(12(14,15)16)19-5-3-18-4-6-19;;/h1-2,7,11,18H,3-6H2;2*1H/t11-;;/m0../s1. The normalized spacial score (nSPS) is 17.6. The largest absolute Gasteiger partial charge is 0.408 e. The summed E-state index contributed by atoms with van der Waals surface area (Å²) in [6.07, 6.45) is -4.48. The molecule has 9 heteroatoms. The first kappa shape index (κ1) is 21.2. The summed E-state index contributed by atoms with van der Waals surface area (Å²) in [6, 6.07) is 1.96. The van der Waals surface area contributed by atoms with Crippen LogP contribution in [0.15, 0.2) is 18.2 Å². The second-order valence-electron chi connectivity index (χ2n) is 4.40. The lowest BCUT2D eigenvalue weighted by molar-refractivity contribution is -0.188. The molecule has 1 saturated heterocycles. The minimum atomic E-state index is -4.48. The van der Waals surface area contributed by atoms with Gasteiger partial charge in [-0.2, -0.15) is 13.2 Å². The summed E-state index contributed by atoms with van der Waals surface area (Å²) in [5, 5.41) is 2.99. The van der Waals surface area contributed by atoms with Crippen LogP contribution in [0.4, 0.5) is 17.6 Å². The van der Waals surface area contributed by atoms with Crippen molar-refractivity contribution < 1.29 is 17.6 Å². The number of hydrogen-bond acceptors (Lipinski definition) is 2. The maximum Gasteiger partial charge on any atom is 0.408 e. The number of nitrogens with one attached hydrogen (secondary N) is 1. The van der Waals surface area contributed by atoms with Crippen LogP contribution >= 0.6 is 47.4 Å². The fraction of sp³-hybridized carbons (Fsp3) is 0.500. The molecule has 0 spiro atoms. The minimum Gasteiger partial charge on any atom is -0.314 e. The van der Waals surface area contributed by atoms with Crippen LogP contribution in [-0.4, -0.2) is 37.3 Å². The van der Waals surface area contributed by atoms with Gasteiger partial charge in [-0.15, -0.1) is 24.8 Å². The molecule has 1 atom stereocenters. The van der Waals surface area contributed by atoms with Crippen molar-refractivity contribution in [1.29, 1.82) is 0 Å². The summed E-state index contributed by atoms with van der Waals surface area (Å²) in [5.74, 6) is -0.804. The molecule has 21 heavy (non-hydrogen) atoms. The van der Waals surface area contributed by atoms with Gasteiger partial charge in [0.1, 0.15) is 11.9 Å². The van der Waals surface area contributed by atoms with Gasteiger partial charge >= 0.3 is 6.18 Å². The van der Waals surface area contributed by atoms with E-state index in [0.717, 1.165) is 6.07 Å². The first-order chi connectivity index (χ1) is 8.89. The van der Waals surface area contributed by atoms with E-state index in [2.05, 4.69) is 5.32 Å². The van der Waals surface area contributed by atoms with Gasteiger partial charge < -0.3 is 5.32 Å². The van der Waals surface area contributed by atoms with E-state index in [-0.39, 0.29) is 43.5 Å². The zero-order valence-electron chi connectivity index (χ0n) is 10.8. The van der Waals surface area contributed by atoms with Gasteiger partial charge in [-0.3, -0.25) is 4.90 Å². The molecule has 0 saturated carbocycles. The van der Waals surface area contributed by atoms with E-state index >= 15 is 0 Å². The molecule has 1 fully saturated rings. The van der Waals surface area contributed by atoms with Crippen molar-refractivity contribution in [2.75, 3.05) is 26.2 Å². The lowest BCUT2D eigenvalue weighted by Gasteiger charge is -2.36. The van der Waals surface area contributed by atoms with Crippen LogP contribution < -0.4 is 5.32 Å². The lowest BCUT2D eigenvalue weighted by atomic mass is 10.0. The first-order valence-electron chi connectivity index (χ1n) is 5.86. The van der Waals surface area contributed by atoms with Crippen LogP contribution in [0.25, 0.3) is 0 Å². The molecular formula is C12H15Cl2F4IN2. The summed E-state index contributed by atoms with van der Waals surface area (Å²) < 4.78 is 54.2. The quantitative estimate of drug-likeness (QED) is 0.533. The summed E-state index contributed by atoms with van der Waals surface area (Å²) in [5.41, 5.74) is -0.290. The van der Waals surface area contributed by atoms with Crippen molar-refractivity contribution >= 4 is 47.4 Å². The second-order valence-corrected chi connectivity index (χ2v) is 5.64. The SMILES string of the molecule is Cl.Cl.Fc1ccc(I)cc1[C@H](N1CCNCC1)C(F)(F)F.